The topological polar surface area (TPSA) is 59.0 Å². The largest absolute Gasteiger partial charge is 0.497 e. The summed E-state index contributed by atoms with van der Waals surface area (Å²) >= 11 is 0. The highest BCUT2D eigenvalue weighted by atomic mass is 16.5. The van der Waals surface area contributed by atoms with Crippen molar-refractivity contribution in [1.82, 2.24) is 4.90 Å². The molecule has 1 aromatic carbocycles. The van der Waals surface area contributed by atoms with Gasteiger partial charge in [0.25, 0.3) is 5.91 Å². The Morgan fingerprint density at radius 1 is 1.25 bits per heavy atom. The van der Waals surface area contributed by atoms with Gasteiger partial charge in [0.2, 0.25) is 0 Å². The molecular weight excluding hydrogens is 258 g/mol. The molecule has 1 heterocycles. The zero-order chi connectivity index (χ0) is 14.7. The molecule has 5 nitrogen and oxygen atoms in total. The van der Waals surface area contributed by atoms with Crippen LogP contribution in [0.2, 0.25) is 0 Å². The number of methoxy groups -OCH3 is 2. The van der Waals surface area contributed by atoms with Crippen LogP contribution in [0.4, 0.5) is 0 Å². The number of ether oxygens (including phenoxy) is 2. The van der Waals surface area contributed by atoms with Gasteiger partial charge in [-0.1, -0.05) is 6.92 Å². The van der Waals surface area contributed by atoms with Crippen molar-refractivity contribution in [3.05, 3.63) is 23.8 Å². The van der Waals surface area contributed by atoms with Crippen LogP contribution in [-0.4, -0.2) is 49.3 Å². The van der Waals surface area contributed by atoms with E-state index < -0.39 is 6.10 Å². The molecule has 5 heteroatoms. The quantitative estimate of drug-likeness (QED) is 0.912. The average Bonchev–Trinajstić information content (AvgIpc) is 2.48. The Labute approximate surface area is 119 Å². The van der Waals surface area contributed by atoms with Gasteiger partial charge in [0.05, 0.1) is 20.3 Å². The van der Waals surface area contributed by atoms with Crippen molar-refractivity contribution in [2.24, 2.45) is 5.92 Å². The minimum Gasteiger partial charge on any atom is -0.497 e. The molecule has 110 valence electrons. The Kier molecular flexibility index (Phi) is 4.49. The van der Waals surface area contributed by atoms with Gasteiger partial charge in [-0.25, -0.2) is 0 Å². The normalized spacial score (nSPS) is 22.5. The summed E-state index contributed by atoms with van der Waals surface area (Å²) in [5, 5.41) is 9.90. The third-order valence-corrected chi connectivity index (χ3v) is 3.80. The molecule has 20 heavy (non-hydrogen) atoms. The number of likely N-dealkylation sites (tertiary alicyclic amines) is 1. The molecule has 1 aliphatic rings. The molecule has 0 saturated carbocycles. The van der Waals surface area contributed by atoms with E-state index in [0.29, 0.717) is 30.2 Å². The fraction of sp³-hybridized carbons (Fsp3) is 0.533. The molecule has 1 N–H and O–H groups in total. The minimum atomic E-state index is -0.458. The average molecular weight is 279 g/mol. The lowest BCUT2D eigenvalue weighted by atomic mass is 9.95. The summed E-state index contributed by atoms with van der Waals surface area (Å²) in [5.74, 6) is 1.30. The van der Waals surface area contributed by atoms with Crippen LogP contribution in [0.1, 0.15) is 23.7 Å². The molecule has 1 saturated heterocycles. The van der Waals surface area contributed by atoms with Gasteiger partial charge in [0, 0.05) is 24.7 Å². The van der Waals surface area contributed by atoms with Gasteiger partial charge in [-0.05, 0) is 24.5 Å². The monoisotopic (exact) mass is 279 g/mol. The van der Waals surface area contributed by atoms with Gasteiger partial charge >= 0.3 is 0 Å². The molecule has 0 aliphatic carbocycles. The Balaban J connectivity index is 2.20. The van der Waals surface area contributed by atoms with E-state index in [9.17, 15) is 9.90 Å². The number of hydrogen-bond donors (Lipinski definition) is 1. The molecular formula is C15H21NO4. The van der Waals surface area contributed by atoms with E-state index in [2.05, 4.69) is 0 Å². The van der Waals surface area contributed by atoms with Gasteiger partial charge < -0.3 is 19.5 Å². The van der Waals surface area contributed by atoms with Crippen molar-refractivity contribution in [3.63, 3.8) is 0 Å². The minimum absolute atomic E-state index is 0.104. The highest BCUT2D eigenvalue weighted by molar-refractivity contribution is 5.95. The number of rotatable bonds is 3. The molecule has 1 amide bonds. The summed E-state index contributed by atoms with van der Waals surface area (Å²) in [7, 11) is 3.10. The first-order valence-corrected chi connectivity index (χ1v) is 6.75. The predicted molar refractivity (Wildman–Crippen MR) is 75.2 cm³/mol. The first-order valence-electron chi connectivity index (χ1n) is 6.75. The number of carbonyl (C=O) groups excluding carboxylic acids is 1. The summed E-state index contributed by atoms with van der Waals surface area (Å²) in [5.41, 5.74) is 0.517. The number of aliphatic hydroxyl groups is 1. The van der Waals surface area contributed by atoms with Crippen LogP contribution >= 0.6 is 0 Å². The van der Waals surface area contributed by atoms with Crippen LogP contribution in [0.25, 0.3) is 0 Å². The summed E-state index contributed by atoms with van der Waals surface area (Å²) < 4.78 is 10.3. The van der Waals surface area contributed by atoms with Crippen molar-refractivity contribution in [1.29, 1.82) is 0 Å². The van der Waals surface area contributed by atoms with Crippen LogP contribution in [-0.2, 0) is 0 Å². The van der Waals surface area contributed by atoms with E-state index in [-0.39, 0.29) is 11.8 Å². The molecule has 0 spiro atoms. The summed E-state index contributed by atoms with van der Waals surface area (Å²) in [4.78, 5) is 14.2. The first-order chi connectivity index (χ1) is 9.55. The number of amides is 1. The first kappa shape index (κ1) is 14.7. The van der Waals surface area contributed by atoms with Crippen LogP contribution in [0.5, 0.6) is 11.5 Å². The summed E-state index contributed by atoms with van der Waals surface area (Å²) in [6.07, 6.45) is 0.355. The van der Waals surface area contributed by atoms with Gasteiger partial charge in [0.15, 0.2) is 0 Å². The third-order valence-electron chi connectivity index (χ3n) is 3.80. The molecule has 0 radical (unpaired) electrons. The Morgan fingerprint density at radius 3 is 2.35 bits per heavy atom. The molecule has 2 rings (SSSR count). The van der Waals surface area contributed by atoms with Gasteiger partial charge in [-0.3, -0.25) is 4.79 Å². The highest BCUT2D eigenvalue weighted by Crippen LogP contribution is 2.25. The molecule has 1 aromatic rings. The van der Waals surface area contributed by atoms with Crippen molar-refractivity contribution in [2.45, 2.75) is 19.4 Å². The van der Waals surface area contributed by atoms with Crippen LogP contribution in [0, 0.1) is 5.92 Å². The standard InChI is InChI=1S/C15H21NO4/c1-10-4-5-16(9-14(10)17)15(18)11-6-12(19-2)8-13(7-11)20-3/h6-8,10,14,17H,4-5,9H2,1-3H3. The fourth-order valence-electron chi connectivity index (χ4n) is 2.35. The lowest BCUT2D eigenvalue weighted by Gasteiger charge is -2.34. The van der Waals surface area contributed by atoms with E-state index in [4.69, 9.17) is 9.47 Å². The molecule has 0 bridgehead atoms. The van der Waals surface area contributed by atoms with Gasteiger partial charge in [-0.2, -0.15) is 0 Å². The molecule has 1 aliphatic heterocycles. The predicted octanol–water partition coefficient (Wildman–Crippen LogP) is 1.55. The highest BCUT2D eigenvalue weighted by Gasteiger charge is 2.28. The molecule has 1 fully saturated rings. The number of piperidine rings is 1. The second-order valence-corrected chi connectivity index (χ2v) is 5.19. The maximum Gasteiger partial charge on any atom is 0.254 e. The van der Waals surface area contributed by atoms with Crippen molar-refractivity contribution >= 4 is 5.91 Å². The second-order valence-electron chi connectivity index (χ2n) is 5.19. The van der Waals surface area contributed by atoms with Crippen molar-refractivity contribution in [2.75, 3.05) is 27.3 Å². The lowest BCUT2D eigenvalue weighted by molar-refractivity contribution is 0.0248. The van der Waals surface area contributed by atoms with Crippen LogP contribution < -0.4 is 9.47 Å². The van der Waals surface area contributed by atoms with Crippen molar-refractivity contribution in [3.8, 4) is 11.5 Å². The molecule has 2 atom stereocenters. The van der Waals surface area contributed by atoms with Crippen LogP contribution in [0.15, 0.2) is 18.2 Å². The Bertz CT molecular complexity index is 467. The Morgan fingerprint density at radius 2 is 1.85 bits per heavy atom. The number of hydrogen-bond acceptors (Lipinski definition) is 4. The number of benzene rings is 1. The second kappa shape index (κ2) is 6.13. The van der Waals surface area contributed by atoms with E-state index in [1.54, 1.807) is 37.3 Å². The maximum absolute atomic E-state index is 12.5. The lowest BCUT2D eigenvalue weighted by Crippen LogP contribution is -2.45. The van der Waals surface area contributed by atoms with Gasteiger partial charge in [-0.15, -0.1) is 0 Å². The third kappa shape index (κ3) is 3.04. The van der Waals surface area contributed by atoms with E-state index >= 15 is 0 Å². The van der Waals surface area contributed by atoms with E-state index in [1.165, 1.54) is 0 Å². The molecule has 0 aromatic heterocycles. The SMILES string of the molecule is COc1cc(OC)cc(C(=O)N2CCC(C)C(O)C2)c1. The molecule has 2 unspecified atom stereocenters. The summed E-state index contributed by atoms with van der Waals surface area (Å²) in [6.45, 7) is 3.04. The van der Waals surface area contributed by atoms with Crippen molar-refractivity contribution < 1.29 is 19.4 Å². The zero-order valence-corrected chi connectivity index (χ0v) is 12.1. The Hall–Kier alpha value is -1.75. The smallest absolute Gasteiger partial charge is 0.254 e. The van der Waals surface area contributed by atoms with Gasteiger partial charge in [0.1, 0.15) is 11.5 Å². The maximum atomic E-state index is 12.5. The number of nitrogens with zero attached hydrogens (tertiary/aromatic N) is 1. The summed E-state index contributed by atoms with van der Waals surface area (Å²) in [6, 6.07) is 5.11. The van der Waals surface area contributed by atoms with E-state index in [0.717, 1.165) is 6.42 Å². The van der Waals surface area contributed by atoms with E-state index in [1.807, 2.05) is 6.92 Å². The number of carbonyl (C=O) groups is 1. The van der Waals surface area contributed by atoms with Crippen LogP contribution in [0.3, 0.4) is 0 Å². The fourth-order valence-corrected chi connectivity index (χ4v) is 2.35. The zero-order valence-electron chi connectivity index (χ0n) is 12.1. The number of β-amino-alcohol motifs (C(OH)–C–C–N with tert-alkyl or cyclic N) is 1. The number of aliphatic hydroxyl groups excluding tert-OH is 1.